The second kappa shape index (κ2) is 9.89. The minimum absolute atomic E-state index is 0.0890. The van der Waals surface area contributed by atoms with Gasteiger partial charge in [0.25, 0.3) is 0 Å². The van der Waals surface area contributed by atoms with Crippen LogP contribution in [0.2, 0.25) is 0 Å². The highest BCUT2D eigenvalue weighted by Crippen LogP contribution is 2.29. The summed E-state index contributed by atoms with van der Waals surface area (Å²) in [7, 11) is -3.35. The van der Waals surface area contributed by atoms with Crippen molar-refractivity contribution in [1.82, 2.24) is 10.2 Å². The van der Waals surface area contributed by atoms with Crippen molar-refractivity contribution < 1.29 is 23.4 Å². The summed E-state index contributed by atoms with van der Waals surface area (Å²) >= 11 is 0. The van der Waals surface area contributed by atoms with E-state index in [0.29, 0.717) is 48.6 Å². The maximum Gasteiger partial charge on any atom is 0.235 e. The fourth-order valence-corrected chi connectivity index (χ4v) is 5.37. The zero-order valence-electron chi connectivity index (χ0n) is 17.8. The monoisotopic (exact) mass is 459 g/mol. The summed E-state index contributed by atoms with van der Waals surface area (Å²) in [4.78, 5) is 0. The number of H-pyrrole nitrogens is 1. The highest BCUT2D eigenvalue weighted by molar-refractivity contribution is 7.93. The largest absolute Gasteiger partial charge is 0.494 e. The van der Waals surface area contributed by atoms with Gasteiger partial charge in [-0.15, -0.1) is 0 Å². The zero-order chi connectivity index (χ0) is 22.6. The number of aromatic nitrogens is 2. The number of hydrogen-bond donors (Lipinski definition) is 4. The number of unbranched alkanes of at least 4 members (excludes halogenated alkanes) is 1. The summed E-state index contributed by atoms with van der Waals surface area (Å²) < 4.78 is 33.0. The normalized spacial score (nSPS) is 15.4. The molecule has 0 amide bonds. The van der Waals surface area contributed by atoms with E-state index in [-0.39, 0.29) is 11.9 Å². The predicted octanol–water partition coefficient (Wildman–Crippen LogP) is 3.63. The molecule has 0 aliphatic heterocycles. The molecule has 1 atom stereocenters. The smallest absolute Gasteiger partial charge is 0.235 e. The Balaban J connectivity index is 1.23. The number of anilines is 1. The second-order valence-electron chi connectivity index (χ2n) is 8.22. The van der Waals surface area contributed by atoms with Crippen molar-refractivity contribution in [2.45, 2.75) is 56.5 Å². The van der Waals surface area contributed by atoms with Gasteiger partial charge in [0.1, 0.15) is 5.75 Å². The van der Waals surface area contributed by atoms with Crippen molar-refractivity contribution in [2.75, 3.05) is 11.3 Å². The van der Waals surface area contributed by atoms with E-state index >= 15 is 0 Å². The number of rotatable bonds is 11. The van der Waals surface area contributed by atoms with E-state index < -0.39 is 16.1 Å². The van der Waals surface area contributed by atoms with Gasteiger partial charge in [0.2, 0.25) is 10.0 Å². The van der Waals surface area contributed by atoms with E-state index in [1.807, 2.05) is 24.3 Å². The van der Waals surface area contributed by atoms with Crippen LogP contribution in [0, 0.1) is 0 Å². The Hall–Kier alpha value is -2.62. The fourth-order valence-electron chi connectivity index (χ4n) is 3.79. The van der Waals surface area contributed by atoms with Crippen molar-refractivity contribution in [3.63, 3.8) is 0 Å². The molecule has 0 saturated heterocycles. The topological polar surface area (TPSA) is 125 Å². The maximum atomic E-state index is 12.3. The Morgan fingerprint density at radius 3 is 2.78 bits per heavy atom. The Kier molecular flexibility index (Phi) is 6.98. The summed E-state index contributed by atoms with van der Waals surface area (Å²) in [5, 5.41) is 27.3. The number of sulfonamides is 1. The van der Waals surface area contributed by atoms with Gasteiger partial charge in [-0.25, -0.2) is 8.42 Å². The van der Waals surface area contributed by atoms with Gasteiger partial charge in [0.15, 0.2) is 0 Å². The van der Waals surface area contributed by atoms with E-state index in [9.17, 15) is 18.6 Å². The first-order chi connectivity index (χ1) is 15.5. The third-order valence-electron chi connectivity index (χ3n) is 5.93. The van der Waals surface area contributed by atoms with Crippen LogP contribution in [0.3, 0.4) is 0 Å². The lowest BCUT2D eigenvalue weighted by Crippen LogP contribution is -2.33. The molecule has 1 saturated carbocycles. The van der Waals surface area contributed by atoms with E-state index in [1.54, 1.807) is 18.2 Å². The summed E-state index contributed by atoms with van der Waals surface area (Å²) in [6.07, 6.45) is 3.79. The number of aliphatic hydroxyl groups is 2. The molecule has 4 N–H and O–H groups in total. The van der Waals surface area contributed by atoms with Gasteiger partial charge in [-0.1, -0.05) is 18.6 Å². The molecule has 1 fully saturated rings. The van der Waals surface area contributed by atoms with Crippen LogP contribution in [0.25, 0.3) is 10.9 Å². The van der Waals surface area contributed by atoms with Crippen molar-refractivity contribution in [3.05, 3.63) is 53.7 Å². The number of fused-ring (bicyclic) bond motifs is 1. The van der Waals surface area contributed by atoms with Crippen LogP contribution >= 0.6 is 0 Å². The molecule has 1 aliphatic carbocycles. The lowest BCUT2D eigenvalue weighted by Gasteiger charge is -2.25. The molecule has 9 heteroatoms. The van der Waals surface area contributed by atoms with Crippen LogP contribution < -0.4 is 9.46 Å². The fraction of sp³-hybridized carbons (Fsp3) is 0.435. The van der Waals surface area contributed by atoms with Crippen molar-refractivity contribution in [2.24, 2.45) is 0 Å². The highest BCUT2D eigenvalue weighted by atomic mass is 32.2. The average molecular weight is 460 g/mol. The molecule has 3 aromatic rings. The first-order valence-corrected chi connectivity index (χ1v) is 12.5. The van der Waals surface area contributed by atoms with E-state index in [1.165, 1.54) is 0 Å². The van der Waals surface area contributed by atoms with Crippen LogP contribution in [0.1, 0.15) is 55.9 Å². The van der Waals surface area contributed by atoms with E-state index in [4.69, 9.17) is 4.74 Å². The molecule has 0 radical (unpaired) electrons. The lowest BCUT2D eigenvalue weighted by atomic mass is 10.0. The van der Waals surface area contributed by atoms with Gasteiger partial charge in [-0.05, 0) is 61.9 Å². The van der Waals surface area contributed by atoms with Crippen LogP contribution in [0.4, 0.5) is 5.69 Å². The van der Waals surface area contributed by atoms with E-state index in [0.717, 1.165) is 30.2 Å². The van der Waals surface area contributed by atoms with Gasteiger partial charge >= 0.3 is 0 Å². The third-order valence-corrected chi connectivity index (χ3v) is 7.80. The Bertz CT molecular complexity index is 1160. The highest BCUT2D eigenvalue weighted by Gasteiger charge is 2.31. The molecule has 0 spiro atoms. The van der Waals surface area contributed by atoms with Crippen LogP contribution in [-0.4, -0.2) is 40.7 Å². The third kappa shape index (κ3) is 5.23. The Labute approximate surface area is 187 Å². The standard InChI is InChI=1S/C23H29N3O5S/c27-15-22-20-11-10-18(14-21(20)24-25-22)31-12-2-1-9-23(28)16-5-3-6-17(13-16)26-32(29,30)19-7-4-8-19/h3,5-6,10-11,13-14,19,23,26-28H,1-2,4,7-9,12,15H2,(H,24,25)/t23-/m0/s1. The Morgan fingerprint density at radius 2 is 2.03 bits per heavy atom. The molecular formula is C23H29N3O5S. The molecule has 0 bridgehead atoms. The predicted molar refractivity (Wildman–Crippen MR) is 123 cm³/mol. The molecule has 0 unspecified atom stereocenters. The van der Waals surface area contributed by atoms with Crippen molar-refractivity contribution >= 4 is 26.6 Å². The molecule has 1 aliphatic rings. The summed E-state index contributed by atoms with van der Waals surface area (Å²) in [6, 6.07) is 12.5. The number of hydrogen-bond acceptors (Lipinski definition) is 6. The SMILES string of the molecule is O=S(=O)(Nc1cccc([C@@H](O)CCCCOc2ccc3c(CO)[nH]nc3c2)c1)C1CCC1. The molecule has 32 heavy (non-hydrogen) atoms. The first-order valence-electron chi connectivity index (χ1n) is 11.0. The Morgan fingerprint density at radius 1 is 1.19 bits per heavy atom. The van der Waals surface area contributed by atoms with Gasteiger partial charge < -0.3 is 14.9 Å². The molecule has 172 valence electrons. The molecule has 4 rings (SSSR count). The number of aliphatic hydroxyl groups excluding tert-OH is 2. The number of nitrogens with one attached hydrogen (secondary N) is 2. The lowest BCUT2D eigenvalue weighted by molar-refractivity contribution is 0.160. The summed E-state index contributed by atoms with van der Waals surface area (Å²) in [5.41, 5.74) is 2.62. The minimum atomic E-state index is -3.35. The molecule has 8 nitrogen and oxygen atoms in total. The van der Waals surface area contributed by atoms with Gasteiger partial charge in [-0.3, -0.25) is 9.82 Å². The van der Waals surface area contributed by atoms with Crippen LogP contribution in [-0.2, 0) is 16.6 Å². The minimum Gasteiger partial charge on any atom is -0.494 e. The van der Waals surface area contributed by atoms with E-state index in [2.05, 4.69) is 14.9 Å². The van der Waals surface area contributed by atoms with Gasteiger partial charge in [0.05, 0.1) is 35.8 Å². The molecule has 1 aromatic heterocycles. The zero-order valence-corrected chi connectivity index (χ0v) is 18.6. The number of benzene rings is 2. The summed E-state index contributed by atoms with van der Waals surface area (Å²) in [6.45, 7) is 0.422. The summed E-state index contributed by atoms with van der Waals surface area (Å²) in [5.74, 6) is 0.709. The number of ether oxygens (including phenoxy) is 1. The maximum absolute atomic E-state index is 12.3. The molecule has 1 heterocycles. The quantitative estimate of drug-likeness (QED) is 0.325. The first kappa shape index (κ1) is 22.6. The van der Waals surface area contributed by atoms with Crippen LogP contribution in [0.15, 0.2) is 42.5 Å². The van der Waals surface area contributed by atoms with Crippen molar-refractivity contribution in [3.8, 4) is 5.75 Å². The molecular weight excluding hydrogens is 430 g/mol. The number of nitrogens with zero attached hydrogens (tertiary/aromatic N) is 1. The average Bonchev–Trinajstić information content (AvgIpc) is 3.14. The van der Waals surface area contributed by atoms with Gasteiger partial charge in [0, 0.05) is 17.1 Å². The number of aromatic amines is 1. The van der Waals surface area contributed by atoms with Gasteiger partial charge in [-0.2, -0.15) is 5.10 Å². The molecule has 2 aromatic carbocycles. The van der Waals surface area contributed by atoms with Crippen LogP contribution in [0.5, 0.6) is 5.75 Å². The van der Waals surface area contributed by atoms with Crippen molar-refractivity contribution in [1.29, 1.82) is 0 Å². The second-order valence-corrected chi connectivity index (χ2v) is 10.2.